The van der Waals surface area contributed by atoms with Gasteiger partial charge in [0.15, 0.2) is 0 Å². The van der Waals surface area contributed by atoms with Crippen LogP contribution in [0, 0.1) is 11.6 Å². The molecule has 1 N–H and O–H groups in total. The zero-order valence-electron chi connectivity index (χ0n) is 7.70. The summed E-state index contributed by atoms with van der Waals surface area (Å²) in [7, 11) is 1.80. The largest absolute Gasteiger partial charge is 0.310 e. The van der Waals surface area contributed by atoms with Crippen molar-refractivity contribution in [1.82, 2.24) is 5.32 Å². The van der Waals surface area contributed by atoms with E-state index in [9.17, 15) is 8.78 Å². The van der Waals surface area contributed by atoms with Gasteiger partial charge in [0, 0.05) is 11.1 Å². The van der Waals surface area contributed by atoms with Crippen LogP contribution in [0.1, 0.15) is 18.4 Å². The summed E-state index contributed by atoms with van der Waals surface area (Å²) in [6.07, 6.45) is 1.80. The SMILES string of the molecule is CNC1(c2ccc(F)c(Br)c2F)CC1. The number of nitrogens with one attached hydrogen (secondary N) is 1. The van der Waals surface area contributed by atoms with Gasteiger partial charge in [-0.2, -0.15) is 0 Å². The highest BCUT2D eigenvalue weighted by Gasteiger charge is 2.45. The topological polar surface area (TPSA) is 12.0 Å². The maximum absolute atomic E-state index is 13.7. The number of benzene rings is 1. The normalized spacial score (nSPS) is 18.3. The van der Waals surface area contributed by atoms with Crippen LogP contribution >= 0.6 is 15.9 Å². The molecule has 1 aliphatic rings. The highest BCUT2D eigenvalue weighted by Crippen LogP contribution is 2.47. The Labute approximate surface area is 89.6 Å². The first-order valence-corrected chi connectivity index (χ1v) is 5.23. The molecule has 0 unspecified atom stereocenters. The second kappa shape index (κ2) is 3.28. The third-order valence-corrected chi connectivity index (χ3v) is 3.51. The van der Waals surface area contributed by atoms with Crippen molar-refractivity contribution >= 4 is 15.9 Å². The third-order valence-electron chi connectivity index (χ3n) is 2.78. The van der Waals surface area contributed by atoms with Crippen molar-refractivity contribution in [2.24, 2.45) is 0 Å². The highest BCUT2D eigenvalue weighted by molar-refractivity contribution is 9.10. The predicted octanol–water partition coefficient (Wildman–Crippen LogP) is 2.94. The Bertz CT molecular complexity index is 375. The van der Waals surface area contributed by atoms with Gasteiger partial charge in [0.05, 0.1) is 4.47 Å². The van der Waals surface area contributed by atoms with E-state index in [1.807, 2.05) is 0 Å². The molecule has 1 saturated carbocycles. The summed E-state index contributed by atoms with van der Waals surface area (Å²) in [6, 6.07) is 2.80. The Kier molecular flexibility index (Phi) is 2.35. The average Bonchev–Trinajstić information content (AvgIpc) is 2.95. The standard InChI is InChI=1S/C10H10BrF2N/c1-14-10(4-5-10)6-2-3-7(12)8(11)9(6)13/h2-3,14H,4-5H2,1H3. The molecule has 1 aliphatic carbocycles. The number of hydrogen-bond donors (Lipinski definition) is 1. The smallest absolute Gasteiger partial charge is 0.145 e. The lowest BCUT2D eigenvalue weighted by Crippen LogP contribution is -2.25. The Morgan fingerprint density at radius 2 is 2.00 bits per heavy atom. The Hall–Kier alpha value is -0.480. The van der Waals surface area contributed by atoms with Gasteiger partial charge in [-0.1, -0.05) is 6.07 Å². The molecule has 76 valence electrons. The molecular weight excluding hydrogens is 252 g/mol. The van der Waals surface area contributed by atoms with Crippen molar-refractivity contribution in [1.29, 1.82) is 0 Å². The first kappa shape index (κ1) is 10.1. The first-order valence-electron chi connectivity index (χ1n) is 4.43. The summed E-state index contributed by atoms with van der Waals surface area (Å²) in [6.45, 7) is 0. The summed E-state index contributed by atoms with van der Waals surface area (Å²) in [4.78, 5) is 0. The molecular formula is C10H10BrF2N. The van der Waals surface area contributed by atoms with Crippen LogP contribution in [0.4, 0.5) is 8.78 Å². The molecule has 1 aromatic carbocycles. The number of rotatable bonds is 2. The van der Waals surface area contributed by atoms with Gasteiger partial charge in [0.1, 0.15) is 11.6 Å². The fourth-order valence-electron chi connectivity index (χ4n) is 1.67. The van der Waals surface area contributed by atoms with Crippen LogP contribution in [-0.4, -0.2) is 7.05 Å². The number of hydrogen-bond acceptors (Lipinski definition) is 1. The van der Waals surface area contributed by atoms with Crippen molar-refractivity contribution in [3.63, 3.8) is 0 Å². The van der Waals surface area contributed by atoms with Crippen LogP contribution in [0.3, 0.4) is 0 Å². The van der Waals surface area contributed by atoms with Gasteiger partial charge in [0.25, 0.3) is 0 Å². The van der Waals surface area contributed by atoms with Gasteiger partial charge >= 0.3 is 0 Å². The molecule has 1 nitrogen and oxygen atoms in total. The van der Waals surface area contributed by atoms with Crippen LogP contribution < -0.4 is 5.32 Å². The van der Waals surface area contributed by atoms with Gasteiger partial charge in [-0.15, -0.1) is 0 Å². The molecule has 0 aromatic heterocycles. The monoisotopic (exact) mass is 261 g/mol. The maximum Gasteiger partial charge on any atom is 0.145 e. The summed E-state index contributed by atoms with van der Waals surface area (Å²) in [5, 5.41) is 3.07. The third kappa shape index (κ3) is 1.37. The average molecular weight is 262 g/mol. The van der Waals surface area contributed by atoms with Gasteiger partial charge in [-0.25, -0.2) is 8.78 Å². The van der Waals surface area contributed by atoms with Gasteiger partial charge in [0.2, 0.25) is 0 Å². The fraction of sp³-hybridized carbons (Fsp3) is 0.400. The lowest BCUT2D eigenvalue weighted by Gasteiger charge is -2.16. The molecule has 2 rings (SSSR count). The summed E-state index contributed by atoms with van der Waals surface area (Å²) >= 11 is 2.90. The van der Waals surface area contributed by atoms with Crippen LogP contribution in [0.25, 0.3) is 0 Å². The van der Waals surface area contributed by atoms with Crippen LogP contribution in [0.15, 0.2) is 16.6 Å². The minimum atomic E-state index is -0.557. The summed E-state index contributed by atoms with van der Waals surface area (Å²) in [5.74, 6) is -1.05. The highest BCUT2D eigenvalue weighted by atomic mass is 79.9. The van der Waals surface area contributed by atoms with Crippen molar-refractivity contribution < 1.29 is 8.78 Å². The molecule has 1 fully saturated rings. The predicted molar refractivity (Wildman–Crippen MR) is 54.0 cm³/mol. The van der Waals surface area contributed by atoms with E-state index in [0.717, 1.165) is 12.8 Å². The molecule has 0 radical (unpaired) electrons. The van der Waals surface area contributed by atoms with Crippen LogP contribution in [0.2, 0.25) is 0 Å². The zero-order chi connectivity index (χ0) is 10.3. The Morgan fingerprint density at radius 1 is 1.36 bits per heavy atom. The molecule has 0 amide bonds. The van der Waals surface area contributed by atoms with Crippen molar-refractivity contribution in [2.45, 2.75) is 18.4 Å². The molecule has 0 heterocycles. The lowest BCUT2D eigenvalue weighted by atomic mass is 10.0. The van der Waals surface area contributed by atoms with E-state index in [0.29, 0.717) is 5.56 Å². The summed E-state index contributed by atoms with van der Waals surface area (Å²) in [5.41, 5.74) is 0.286. The van der Waals surface area contributed by atoms with Gasteiger partial charge in [-0.3, -0.25) is 0 Å². The second-order valence-corrected chi connectivity index (χ2v) is 4.35. The molecule has 0 spiro atoms. The Morgan fingerprint density at radius 3 is 2.50 bits per heavy atom. The van der Waals surface area contributed by atoms with E-state index in [2.05, 4.69) is 21.2 Å². The van der Waals surface area contributed by atoms with E-state index < -0.39 is 11.6 Å². The van der Waals surface area contributed by atoms with Crippen molar-refractivity contribution in [2.75, 3.05) is 7.05 Å². The molecule has 0 atom stereocenters. The molecule has 0 saturated heterocycles. The Balaban J connectivity index is 2.50. The number of halogens is 3. The van der Waals surface area contributed by atoms with Gasteiger partial charge in [-0.05, 0) is 41.9 Å². The van der Waals surface area contributed by atoms with Crippen molar-refractivity contribution in [3.8, 4) is 0 Å². The van der Waals surface area contributed by atoms with E-state index in [4.69, 9.17) is 0 Å². The maximum atomic E-state index is 13.7. The van der Waals surface area contributed by atoms with Gasteiger partial charge < -0.3 is 5.32 Å². The van der Waals surface area contributed by atoms with Crippen LogP contribution in [-0.2, 0) is 5.54 Å². The fourth-order valence-corrected chi connectivity index (χ4v) is 2.02. The minimum absolute atomic E-state index is 0.0727. The quantitative estimate of drug-likeness (QED) is 0.808. The van der Waals surface area contributed by atoms with E-state index in [1.165, 1.54) is 12.1 Å². The minimum Gasteiger partial charge on any atom is -0.310 e. The molecule has 0 bridgehead atoms. The van der Waals surface area contributed by atoms with E-state index >= 15 is 0 Å². The molecule has 4 heteroatoms. The molecule has 0 aliphatic heterocycles. The first-order chi connectivity index (χ1) is 6.60. The van der Waals surface area contributed by atoms with E-state index in [1.54, 1.807) is 7.05 Å². The second-order valence-electron chi connectivity index (χ2n) is 3.56. The van der Waals surface area contributed by atoms with E-state index in [-0.39, 0.29) is 10.0 Å². The zero-order valence-corrected chi connectivity index (χ0v) is 9.29. The van der Waals surface area contributed by atoms with Crippen LogP contribution in [0.5, 0.6) is 0 Å². The molecule has 1 aromatic rings. The summed E-state index contributed by atoms with van der Waals surface area (Å²) < 4.78 is 26.6. The molecule has 14 heavy (non-hydrogen) atoms. The lowest BCUT2D eigenvalue weighted by molar-refractivity contribution is 0.508. The van der Waals surface area contributed by atoms with Crippen molar-refractivity contribution in [3.05, 3.63) is 33.8 Å².